The molecule has 3 nitrogen and oxygen atoms in total. The van der Waals surface area contributed by atoms with Gasteiger partial charge in [0.15, 0.2) is 5.82 Å². The predicted molar refractivity (Wildman–Crippen MR) is 75.1 cm³/mol. The molecule has 18 heavy (non-hydrogen) atoms. The zero-order chi connectivity index (χ0) is 12.5. The molecule has 1 aliphatic carbocycles. The quantitative estimate of drug-likeness (QED) is 0.915. The molecule has 1 atom stereocenters. The van der Waals surface area contributed by atoms with Gasteiger partial charge in [-0.3, -0.25) is 0 Å². The normalized spacial score (nSPS) is 18.7. The number of fused-ring (bicyclic) bond motifs is 1. The Morgan fingerprint density at radius 1 is 1.44 bits per heavy atom. The van der Waals surface area contributed by atoms with Gasteiger partial charge in [-0.1, -0.05) is 11.6 Å². The fourth-order valence-electron chi connectivity index (χ4n) is 2.40. The van der Waals surface area contributed by atoms with Gasteiger partial charge in [0.25, 0.3) is 0 Å². The van der Waals surface area contributed by atoms with E-state index in [4.69, 9.17) is 16.6 Å². The largest absolute Gasteiger partial charge is 0.313 e. The van der Waals surface area contributed by atoms with Crippen molar-refractivity contribution in [2.75, 3.05) is 7.05 Å². The van der Waals surface area contributed by atoms with Crippen LogP contribution in [0.25, 0.3) is 10.7 Å². The van der Waals surface area contributed by atoms with Gasteiger partial charge in [0.1, 0.15) is 0 Å². The summed E-state index contributed by atoms with van der Waals surface area (Å²) in [5, 5.41) is 3.32. The van der Waals surface area contributed by atoms with Gasteiger partial charge in [0, 0.05) is 23.5 Å². The second-order valence-corrected chi connectivity index (χ2v) is 6.15. The van der Waals surface area contributed by atoms with Gasteiger partial charge in [0.2, 0.25) is 0 Å². The second kappa shape index (κ2) is 4.96. The van der Waals surface area contributed by atoms with Gasteiger partial charge in [-0.05, 0) is 38.4 Å². The van der Waals surface area contributed by atoms with Gasteiger partial charge < -0.3 is 5.32 Å². The number of hydrogen-bond acceptors (Lipinski definition) is 4. The second-order valence-electron chi connectivity index (χ2n) is 4.43. The van der Waals surface area contributed by atoms with Crippen LogP contribution in [0.1, 0.15) is 30.1 Å². The first-order chi connectivity index (χ1) is 8.78. The average Bonchev–Trinajstić information content (AvgIpc) is 2.84. The average molecular weight is 280 g/mol. The number of nitrogens with one attached hydrogen (secondary N) is 1. The maximum Gasteiger partial charge on any atom is 0.169 e. The third-order valence-electron chi connectivity index (χ3n) is 3.32. The number of hydrogen-bond donors (Lipinski definition) is 1. The number of rotatable bonds is 2. The van der Waals surface area contributed by atoms with Crippen molar-refractivity contribution in [1.29, 1.82) is 0 Å². The summed E-state index contributed by atoms with van der Waals surface area (Å²) in [4.78, 5) is 10.2. The number of halogens is 1. The van der Waals surface area contributed by atoms with Crippen molar-refractivity contribution in [2.24, 2.45) is 0 Å². The summed E-state index contributed by atoms with van der Waals surface area (Å²) in [5.74, 6) is 0.794. The summed E-state index contributed by atoms with van der Waals surface area (Å²) in [7, 11) is 1.99. The molecule has 0 spiro atoms. The molecule has 0 fully saturated rings. The number of aromatic nitrogens is 2. The summed E-state index contributed by atoms with van der Waals surface area (Å²) < 4.78 is 0.777. The lowest BCUT2D eigenvalue weighted by atomic mass is 9.92. The van der Waals surface area contributed by atoms with Crippen LogP contribution in [0, 0.1) is 0 Å². The molecule has 0 saturated heterocycles. The van der Waals surface area contributed by atoms with Crippen molar-refractivity contribution in [3.8, 4) is 10.7 Å². The Labute approximate surface area is 115 Å². The van der Waals surface area contributed by atoms with Crippen molar-refractivity contribution in [3.63, 3.8) is 0 Å². The Bertz CT molecular complexity index is 567. The minimum Gasteiger partial charge on any atom is -0.313 e. The minimum absolute atomic E-state index is 0.398. The molecule has 0 bridgehead atoms. The van der Waals surface area contributed by atoms with Crippen LogP contribution in [0.3, 0.4) is 0 Å². The van der Waals surface area contributed by atoms with E-state index >= 15 is 0 Å². The molecule has 0 aliphatic heterocycles. The molecule has 2 aromatic heterocycles. The molecular weight excluding hydrogens is 266 g/mol. The van der Waals surface area contributed by atoms with Crippen molar-refractivity contribution in [1.82, 2.24) is 15.3 Å². The molecule has 1 N–H and O–H groups in total. The van der Waals surface area contributed by atoms with E-state index in [0.717, 1.165) is 27.9 Å². The van der Waals surface area contributed by atoms with E-state index in [0.29, 0.717) is 6.04 Å². The lowest BCUT2D eigenvalue weighted by molar-refractivity contribution is 0.488. The molecular formula is C13H14ClN3S. The Kier molecular flexibility index (Phi) is 3.33. The maximum atomic E-state index is 5.95. The van der Waals surface area contributed by atoms with E-state index in [2.05, 4.69) is 10.3 Å². The maximum absolute atomic E-state index is 5.95. The van der Waals surface area contributed by atoms with Gasteiger partial charge in [-0.15, -0.1) is 11.3 Å². The zero-order valence-electron chi connectivity index (χ0n) is 10.1. The van der Waals surface area contributed by atoms with E-state index < -0.39 is 0 Å². The summed E-state index contributed by atoms with van der Waals surface area (Å²) in [5.41, 5.74) is 2.42. The van der Waals surface area contributed by atoms with Crippen LogP contribution in [0.5, 0.6) is 0 Å². The zero-order valence-corrected chi connectivity index (χ0v) is 11.7. The van der Waals surface area contributed by atoms with Gasteiger partial charge in [-0.25, -0.2) is 9.97 Å². The Morgan fingerprint density at radius 2 is 2.33 bits per heavy atom. The van der Waals surface area contributed by atoms with E-state index in [-0.39, 0.29) is 0 Å². The fourth-order valence-corrected chi connectivity index (χ4v) is 3.38. The van der Waals surface area contributed by atoms with E-state index in [1.54, 1.807) is 0 Å². The van der Waals surface area contributed by atoms with E-state index in [1.165, 1.54) is 29.0 Å². The lowest BCUT2D eigenvalue weighted by Crippen LogP contribution is -2.22. The summed E-state index contributed by atoms with van der Waals surface area (Å²) >= 11 is 7.48. The lowest BCUT2D eigenvalue weighted by Gasteiger charge is -2.23. The summed E-state index contributed by atoms with van der Waals surface area (Å²) in [6, 6.07) is 4.27. The Hall–Kier alpha value is -0.970. The Morgan fingerprint density at radius 3 is 3.06 bits per heavy atom. The van der Waals surface area contributed by atoms with Crippen LogP contribution < -0.4 is 5.32 Å². The first-order valence-electron chi connectivity index (χ1n) is 6.06. The highest BCUT2D eigenvalue weighted by atomic mass is 35.5. The van der Waals surface area contributed by atoms with Crippen LogP contribution in [0.4, 0.5) is 0 Å². The molecule has 3 rings (SSSR count). The van der Waals surface area contributed by atoms with Crippen molar-refractivity contribution in [2.45, 2.75) is 25.3 Å². The van der Waals surface area contributed by atoms with Crippen LogP contribution in [0.15, 0.2) is 18.3 Å². The molecule has 0 radical (unpaired) electrons. The highest BCUT2D eigenvalue weighted by Crippen LogP contribution is 2.32. The predicted octanol–water partition coefficient (Wildman–Crippen LogP) is 3.46. The highest BCUT2D eigenvalue weighted by Gasteiger charge is 2.21. The van der Waals surface area contributed by atoms with Crippen LogP contribution >= 0.6 is 22.9 Å². The number of nitrogens with zero attached hydrogens (tertiary/aromatic N) is 2. The van der Waals surface area contributed by atoms with Crippen molar-refractivity contribution in [3.05, 3.63) is 33.9 Å². The monoisotopic (exact) mass is 279 g/mol. The van der Waals surface area contributed by atoms with Crippen molar-refractivity contribution >= 4 is 22.9 Å². The molecule has 1 unspecified atom stereocenters. The molecule has 1 aliphatic rings. The minimum atomic E-state index is 0.398. The first-order valence-corrected chi connectivity index (χ1v) is 7.26. The van der Waals surface area contributed by atoms with E-state index in [1.807, 2.05) is 25.4 Å². The molecule has 94 valence electrons. The molecule has 0 saturated carbocycles. The van der Waals surface area contributed by atoms with Gasteiger partial charge in [0.05, 0.1) is 9.21 Å². The smallest absolute Gasteiger partial charge is 0.169 e. The first kappa shape index (κ1) is 12.1. The summed E-state index contributed by atoms with van der Waals surface area (Å²) in [6.45, 7) is 0. The van der Waals surface area contributed by atoms with E-state index in [9.17, 15) is 0 Å². The standard InChI is InChI=1S/C13H14ClN3S/c1-15-9-3-2-4-10-8(9)7-16-13(17-10)11-5-6-12(14)18-11/h5-7,9,15H,2-4H2,1H3. The van der Waals surface area contributed by atoms with Crippen LogP contribution in [0.2, 0.25) is 4.34 Å². The molecule has 2 aromatic rings. The fraction of sp³-hybridized carbons (Fsp3) is 0.385. The Balaban J connectivity index is 2.00. The van der Waals surface area contributed by atoms with Crippen molar-refractivity contribution < 1.29 is 0 Å². The van der Waals surface area contributed by atoms with Crippen LogP contribution in [-0.4, -0.2) is 17.0 Å². The SMILES string of the molecule is CNC1CCCc2nc(-c3ccc(Cl)s3)ncc21. The number of aryl methyl sites for hydroxylation is 1. The highest BCUT2D eigenvalue weighted by molar-refractivity contribution is 7.19. The molecule has 0 aromatic carbocycles. The molecule has 0 amide bonds. The molecule has 5 heteroatoms. The third-order valence-corrected chi connectivity index (χ3v) is 4.55. The molecule has 2 heterocycles. The summed E-state index contributed by atoms with van der Waals surface area (Å²) in [6.07, 6.45) is 5.35. The van der Waals surface area contributed by atoms with Crippen LogP contribution in [-0.2, 0) is 6.42 Å². The topological polar surface area (TPSA) is 37.8 Å². The number of thiophene rings is 1. The third kappa shape index (κ3) is 2.16. The van der Waals surface area contributed by atoms with Gasteiger partial charge >= 0.3 is 0 Å². The van der Waals surface area contributed by atoms with Gasteiger partial charge in [-0.2, -0.15) is 0 Å².